The molecule has 0 fully saturated rings. The second-order valence-corrected chi connectivity index (χ2v) is 7.26. The molecule has 4 aromatic rings. The topological polar surface area (TPSA) is 92.4 Å². The monoisotopic (exact) mass is 466 g/mol. The molecule has 0 unspecified atom stereocenters. The van der Waals surface area contributed by atoms with E-state index in [1.54, 1.807) is 21.3 Å². The van der Waals surface area contributed by atoms with E-state index in [9.17, 15) is 0 Å². The van der Waals surface area contributed by atoms with Gasteiger partial charge in [0.2, 0.25) is 0 Å². The van der Waals surface area contributed by atoms with Gasteiger partial charge in [0, 0.05) is 5.56 Å². The fraction of sp³-hybridized carbons (Fsp3) is 0.136. The fourth-order valence-electron chi connectivity index (χ4n) is 3.38. The van der Waals surface area contributed by atoms with Crippen LogP contribution in [0.2, 0.25) is 0 Å². The maximum atomic E-state index is 6.22. The third-order valence-corrected chi connectivity index (χ3v) is 5.35. The first kappa shape index (κ1) is 19.9. The van der Waals surface area contributed by atoms with Crippen LogP contribution in [0.4, 0.5) is 5.82 Å². The van der Waals surface area contributed by atoms with Crippen molar-refractivity contribution in [1.82, 2.24) is 15.0 Å². The van der Waals surface area contributed by atoms with Crippen LogP contribution in [0.5, 0.6) is 17.2 Å². The summed E-state index contributed by atoms with van der Waals surface area (Å²) in [6.07, 6.45) is 1.41. The molecule has 0 spiro atoms. The summed E-state index contributed by atoms with van der Waals surface area (Å²) in [7, 11) is 4.82. The van der Waals surface area contributed by atoms with E-state index in [-0.39, 0.29) is 0 Å². The lowest BCUT2D eigenvalue weighted by molar-refractivity contribution is 0.353. The summed E-state index contributed by atoms with van der Waals surface area (Å²) in [4.78, 5) is 13.2. The smallest absolute Gasteiger partial charge is 0.174 e. The van der Waals surface area contributed by atoms with E-state index in [1.807, 2.05) is 42.5 Å². The van der Waals surface area contributed by atoms with Crippen LogP contribution in [0, 0.1) is 0 Å². The van der Waals surface area contributed by atoms with Crippen molar-refractivity contribution in [3.63, 3.8) is 0 Å². The van der Waals surface area contributed by atoms with E-state index < -0.39 is 0 Å². The molecule has 2 aromatic heterocycles. The Hall–Kier alpha value is -3.39. The zero-order valence-corrected chi connectivity index (χ0v) is 18.2. The van der Waals surface area contributed by atoms with Crippen LogP contribution >= 0.6 is 15.9 Å². The van der Waals surface area contributed by atoms with Crippen LogP contribution in [0.25, 0.3) is 33.4 Å². The molecule has 0 bridgehead atoms. The van der Waals surface area contributed by atoms with Gasteiger partial charge in [-0.1, -0.05) is 12.1 Å². The number of rotatable bonds is 5. The highest BCUT2D eigenvalue weighted by Gasteiger charge is 2.18. The van der Waals surface area contributed by atoms with Gasteiger partial charge >= 0.3 is 0 Å². The Morgan fingerprint density at radius 2 is 1.63 bits per heavy atom. The van der Waals surface area contributed by atoms with Crippen LogP contribution in [0.15, 0.2) is 53.3 Å². The molecule has 8 heteroatoms. The number of anilines is 1. The number of ether oxygens (including phenoxy) is 3. The standard InChI is InChI=1S/C22H19BrN4O3/c1-28-17-7-5-4-6-13(17)16-10-14(19-21(24)25-11-26-22(19)27-16)12-8-15(23)20(30-3)18(9-12)29-2/h4-11H,1-3H3,(H2,24,25,26,27). The fourth-order valence-corrected chi connectivity index (χ4v) is 3.99. The number of nitrogens with two attached hydrogens (primary N) is 1. The predicted octanol–water partition coefficient (Wildman–Crippen LogP) is 4.73. The summed E-state index contributed by atoms with van der Waals surface area (Å²) in [5.41, 5.74) is 9.94. The van der Waals surface area contributed by atoms with Crippen LogP contribution in [0.3, 0.4) is 0 Å². The minimum atomic E-state index is 0.347. The molecule has 2 N–H and O–H groups in total. The molecular formula is C22H19BrN4O3. The zero-order chi connectivity index (χ0) is 21.3. The number of nitrogen functional groups attached to an aromatic ring is 1. The number of nitrogens with zero attached hydrogens (tertiary/aromatic N) is 3. The Balaban J connectivity index is 2.05. The molecule has 0 radical (unpaired) electrons. The summed E-state index contributed by atoms with van der Waals surface area (Å²) in [5, 5.41) is 0.662. The molecule has 0 atom stereocenters. The number of halogens is 1. The van der Waals surface area contributed by atoms with E-state index in [4.69, 9.17) is 24.9 Å². The molecule has 0 amide bonds. The molecule has 2 heterocycles. The quantitative estimate of drug-likeness (QED) is 0.454. The molecule has 0 aliphatic rings. The first-order valence-electron chi connectivity index (χ1n) is 9.04. The number of hydrogen-bond donors (Lipinski definition) is 1. The molecule has 0 saturated carbocycles. The third-order valence-electron chi connectivity index (χ3n) is 4.76. The molecule has 0 aliphatic carbocycles. The molecule has 0 saturated heterocycles. The number of fused-ring (bicyclic) bond motifs is 1. The molecule has 4 rings (SSSR count). The summed E-state index contributed by atoms with van der Waals surface area (Å²) >= 11 is 3.56. The Bertz CT molecular complexity index is 1250. The van der Waals surface area contributed by atoms with Crippen molar-refractivity contribution in [3.8, 4) is 39.6 Å². The summed E-state index contributed by atoms with van der Waals surface area (Å²) in [5.74, 6) is 2.25. The molecule has 7 nitrogen and oxygen atoms in total. The summed E-state index contributed by atoms with van der Waals surface area (Å²) < 4.78 is 17.2. The largest absolute Gasteiger partial charge is 0.496 e. The van der Waals surface area contributed by atoms with Crippen molar-refractivity contribution in [2.75, 3.05) is 27.1 Å². The summed E-state index contributed by atoms with van der Waals surface area (Å²) in [6, 6.07) is 13.5. The highest BCUT2D eigenvalue weighted by atomic mass is 79.9. The first-order chi connectivity index (χ1) is 14.6. The molecule has 0 aliphatic heterocycles. The van der Waals surface area contributed by atoms with Crippen molar-refractivity contribution < 1.29 is 14.2 Å². The van der Waals surface area contributed by atoms with Crippen LogP contribution in [0.1, 0.15) is 0 Å². The van der Waals surface area contributed by atoms with Gasteiger partial charge in [0.1, 0.15) is 17.9 Å². The molecule has 30 heavy (non-hydrogen) atoms. The van der Waals surface area contributed by atoms with E-state index in [2.05, 4.69) is 25.9 Å². The number of para-hydroxylation sites is 1. The van der Waals surface area contributed by atoms with Crippen molar-refractivity contribution >= 4 is 32.8 Å². The minimum absolute atomic E-state index is 0.347. The Kier molecular flexibility index (Phi) is 5.41. The second-order valence-electron chi connectivity index (χ2n) is 6.41. The van der Waals surface area contributed by atoms with Gasteiger partial charge in [0.25, 0.3) is 0 Å². The number of methoxy groups -OCH3 is 3. The van der Waals surface area contributed by atoms with Crippen molar-refractivity contribution in [3.05, 3.63) is 53.3 Å². The highest BCUT2D eigenvalue weighted by Crippen LogP contribution is 2.42. The lowest BCUT2D eigenvalue weighted by atomic mass is 9.99. The Morgan fingerprint density at radius 1 is 0.867 bits per heavy atom. The van der Waals surface area contributed by atoms with E-state index in [0.717, 1.165) is 21.2 Å². The maximum absolute atomic E-state index is 6.22. The third kappa shape index (κ3) is 3.39. The van der Waals surface area contributed by atoms with Gasteiger partial charge in [-0.05, 0) is 57.4 Å². The lowest BCUT2D eigenvalue weighted by Gasteiger charge is -2.15. The van der Waals surface area contributed by atoms with Gasteiger partial charge in [-0.2, -0.15) is 0 Å². The van der Waals surface area contributed by atoms with E-state index in [1.165, 1.54) is 6.33 Å². The Labute approximate surface area is 182 Å². The van der Waals surface area contributed by atoms with Crippen molar-refractivity contribution in [1.29, 1.82) is 0 Å². The maximum Gasteiger partial charge on any atom is 0.174 e. The Morgan fingerprint density at radius 3 is 2.37 bits per heavy atom. The van der Waals surface area contributed by atoms with Gasteiger partial charge in [-0.25, -0.2) is 15.0 Å². The van der Waals surface area contributed by atoms with Crippen LogP contribution in [-0.2, 0) is 0 Å². The SMILES string of the molecule is COc1ccccc1-c1cc(-c2cc(Br)c(OC)c(OC)c2)c2c(N)ncnc2n1. The predicted molar refractivity (Wildman–Crippen MR) is 120 cm³/mol. The van der Waals surface area contributed by atoms with Crippen molar-refractivity contribution in [2.45, 2.75) is 0 Å². The first-order valence-corrected chi connectivity index (χ1v) is 9.83. The number of benzene rings is 2. The van der Waals surface area contributed by atoms with Crippen LogP contribution < -0.4 is 19.9 Å². The lowest BCUT2D eigenvalue weighted by Crippen LogP contribution is -2.00. The van der Waals surface area contributed by atoms with Crippen LogP contribution in [-0.4, -0.2) is 36.3 Å². The highest BCUT2D eigenvalue weighted by molar-refractivity contribution is 9.10. The van der Waals surface area contributed by atoms with E-state index >= 15 is 0 Å². The van der Waals surface area contributed by atoms with Gasteiger partial charge in [-0.3, -0.25) is 0 Å². The normalized spacial score (nSPS) is 10.8. The average molecular weight is 467 g/mol. The second kappa shape index (κ2) is 8.16. The van der Waals surface area contributed by atoms with Crippen molar-refractivity contribution in [2.24, 2.45) is 0 Å². The summed E-state index contributed by atoms with van der Waals surface area (Å²) in [6.45, 7) is 0. The average Bonchev–Trinajstić information content (AvgIpc) is 2.77. The minimum Gasteiger partial charge on any atom is -0.496 e. The zero-order valence-electron chi connectivity index (χ0n) is 16.6. The van der Waals surface area contributed by atoms with Gasteiger partial charge in [0.15, 0.2) is 17.1 Å². The van der Waals surface area contributed by atoms with E-state index in [0.29, 0.717) is 39.8 Å². The molecule has 152 valence electrons. The molecular weight excluding hydrogens is 448 g/mol. The number of pyridine rings is 1. The van der Waals surface area contributed by atoms with Gasteiger partial charge in [-0.15, -0.1) is 0 Å². The molecule has 2 aromatic carbocycles. The number of aromatic nitrogens is 3. The van der Waals surface area contributed by atoms with Gasteiger partial charge in [0.05, 0.1) is 36.9 Å². The van der Waals surface area contributed by atoms with Gasteiger partial charge < -0.3 is 19.9 Å². The number of hydrogen-bond acceptors (Lipinski definition) is 7.